The minimum Gasteiger partial charge on any atom is -0.312 e. The highest BCUT2D eigenvalue weighted by Gasteiger charge is 2.01. The van der Waals surface area contributed by atoms with Crippen molar-refractivity contribution in [3.05, 3.63) is 53.6 Å². The third-order valence-electron chi connectivity index (χ3n) is 3.03. The van der Waals surface area contributed by atoms with E-state index in [0.29, 0.717) is 5.92 Å². The van der Waals surface area contributed by atoms with Crippen molar-refractivity contribution in [1.29, 1.82) is 0 Å². The molecule has 0 radical (unpaired) electrons. The summed E-state index contributed by atoms with van der Waals surface area (Å²) in [5.74, 6) is 2.35. The SMILES string of the molecule is Cc1ccc(SCc2ncc(CNCC(C)C)cn2)cc1. The fourth-order valence-electron chi connectivity index (χ4n) is 1.83. The molecule has 2 aromatic rings. The number of aryl methyl sites for hydroxylation is 1. The van der Waals surface area contributed by atoms with Gasteiger partial charge in [-0.1, -0.05) is 31.5 Å². The van der Waals surface area contributed by atoms with Crippen LogP contribution in [0.5, 0.6) is 0 Å². The average Bonchev–Trinajstić information content (AvgIpc) is 2.48. The van der Waals surface area contributed by atoms with Crippen LogP contribution in [0.15, 0.2) is 41.6 Å². The zero-order chi connectivity index (χ0) is 15.1. The molecule has 0 aliphatic heterocycles. The molecule has 0 bridgehead atoms. The fourth-order valence-corrected chi connectivity index (χ4v) is 2.61. The van der Waals surface area contributed by atoms with Gasteiger partial charge in [-0.05, 0) is 31.5 Å². The lowest BCUT2D eigenvalue weighted by atomic mass is 10.2. The predicted molar refractivity (Wildman–Crippen MR) is 89.3 cm³/mol. The highest BCUT2D eigenvalue weighted by atomic mass is 32.2. The number of hydrogen-bond donors (Lipinski definition) is 1. The summed E-state index contributed by atoms with van der Waals surface area (Å²) >= 11 is 1.77. The normalized spacial score (nSPS) is 11.0. The molecule has 1 aromatic carbocycles. The number of aromatic nitrogens is 2. The van der Waals surface area contributed by atoms with E-state index in [2.05, 4.69) is 60.3 Å². The predicted octanol–water partition coefficient (Wildman–Crippen LogP) is 3.82. The third-order valence-corrected chi connectivity index (χ3v) is 4.04. The number of rotatable bonds is 7. The largest absolute Gasteiger partial charge is 0.312 e. The summed E-state index contributed by atoms with van der Waals surface area (Å²) in [5.41, 5.74) is 2.42. The van der Waals surface area contributed by atoms with Crippen LogP contribution in [0.25, 0.3) is 0 Å². The maximum atomic E-state index is 4.44. The van der Waals surface area contributed by atoms with E-state index in [0.717, 1.165) is 30.2 Å². The van der Waals surface area contributed by atoms with Gasteiger partial charge >= 0.3 is 0 Å². The smallest absolute Gasteiger partial charge is 0.138 e. The van der Waals surface area contributed by atoms with E-state index >= 15 is 0 Å². The van der Waals surface area contributed by atoms with Crippen LogP contribution in [0, 0.1) is 12.8 Å². The van der Waals surface area contributed by atoms with E-state index in [1.807, 2.05) is 12.4 Å². The van der Waals surface area contributed by atoms with Gasteiger partial charge < -0.3 is 5.32 Å². The molecular formula is C17H23N3S. The monoisotopic (exact) mass is 301 g/mol. The standard InChI is InChI=1S/C17H23N3S/c1-13(2)8-18-9-15-10-19-17(20-11-15)12-21-16-6-4-14(3)5-7-16/h4-7,10-11,13,18H,8-9,12H2,1-3H3. The Kier molecular flexibility index (Phi) is 6.21. The van der Waals surface area contributed by atoms with Gasteiger partial charge in [0.15, 0.2) is 0 Å². The van der Waals surface area contributed by atoms with Gasteiger partial charge in [-0.25, -0.2) is 9.97 Å². The van der Waals surface area contributed by atoms with E-state index in [1.54, 1.807) is 11.8 Å². The lowest BCUT2D eigenvalue weighted by Crippen LogP contribution is -2.19. The minimum absolute atomic E-state index is 0.663. The Morgan fingerprint density at radius 2 is 1.76 bits per heavy atom. The number of benzene rings is 1. The molecular weight excluding hydrogens is 278 g/mol. The van der Waals surface area contributed by atoms with Crippen LogP contribution in [0.1, 0.15) is 30.8 Å². The fraction of sp³-hybridized carbons (Fsp3) is 0.412. The van der Waals surface area contributed by atoms with Gasteiger partial charge in [0.05, 0.1) is 5.75 Å². The molecule has 0 amide bonds. The van der Waals surface area contributed by atoms with Gasteiger partial charge in [0.2, 0.25) is 0 Å². The van der Waals surface area contributed by atoms with Crippen LogP contribution < -0.4 is 5.32 Å². The second kappa shape index (κ2) is 8.15. The number of hydrogen-bond acceptors (Lipinski definition) is 4. The molecule has 0 saturated heterocycles. The zero-order valence-electron chi connectivity index (χ0n) is 13.0. The molecule has 3 nitrogen and oxygen atoms in total. The molecule has 0 atom stereocenters. The molecule has 2 rings (SSSR count). The van der Waals surface area contributed by atoms with Crippen LogP contribution >= 0.6 is 11.8 Å². The Hall–Kier alpha value is -1.39. The first-order chi connectivity index (χ1) is 10.1. The summed E-state index contributed by atoms with van der Waals surface area (Å²) in [7, 11) is 0. The lowest BCUT2D eigenvalue weighted by Gasteiger charge is -2.07. The van der Waals surface area contributed by atoms with Gasteiger partial charge in [-0.15, -0.1) is 11.8 Å². The Bertz CT molecular complexity index is 535. The number of nitrogens with zero attached hydrogens (tertiary/aromatic N) is 2. The molecule has 4 heteroatoms. The Morgan fingerprint density at radius 3 is 2.38 bits per heavy atom. The van der Waals surface area contributed by atoms with E-state index in [9.17, 15) is 0 Å². The molecule has 1 N–H and O–H groups in total. The maximum absolute atomic E-state index is 4.44. The van der Waals surface area contributed by atoms with Gasteiger partial charge in [-0.3, -0.25) is 0 Å². The summed E-state index contributed by atoms with van der Waals surface area (Å²) in [6, 6.07) is 8.55. The van der Waals surface area contributed by atoms with Gasteiger partial charge in [-0.2, -0.15) is 0 Å². The average molecular weight is 301 g/mol. The molecule has 0 saturated carbocycles. The van der Waals surface area contributed by atoms with Crippen molar-refractivity contribution in [2.24, 2.45) is 5.92 Å². The van der Waals surface area contributed by atoms with Crippen molar-refractivity contribution >= 4 is 11.8 Å². The van der Waals surface area contributed by atoms with Crippen molar-refractivity contribution in [2.45, 2.75) is 38.0 Å². The summed E-state index contributed by atoms with van der Waals surface area (Å²) in [4.78, 5) is 10.1. The molecule has 21 heavy (non-hydrogen) atoms. The molecule has 0 aliphatic rings. The second-order valence-corrected chi connectivity index (χ2v) is 6.68. The van der Waals surface area contributed by atoms with Crippen LogP contribution in [-0.4, -0.2) is 16.5 Å². The maximum Gasteiger partial charge on any atom is 0.138 e. The summed E-state index contributed by atoms with van der Waals surface area (Å²) in [6.07, 6.45) is 3.84. The molecule has 1 heterocycles. The van der Waals surface area contributed by atoms with E-state index in [1.165, 1.54) is 10.5 Å². The van der Waals surface area contributed by atoms with Crippen LogP contribution in [0.3, 0.4) is 0 Å². The van der Waals surface area contributed by atoms with Crippen molar-refractivity contribution < 1.29 is 0 Å². The molecule has 0 aliphatic carbocycles. The molecule has 1 aromatic heterocycles. The second-order valence-electron chi connectivity index (χ2n) is 5.63. The van der Waals surface area contributed by atoms with Crippen LogP contribution in [0.4, 0.5) is 0 Å². The van der Waals surface area contributed by atoms with E-state index in [-0.39, 0.29) is 0 Å². The van der Waals surface area contributed by atoms with Gasteiger partial charge in [0.1, 0.15) is 5.82 Å². The first-order valence-electron chi connectivity index (χ1n) is 7.33. The first-order valence-corrected chi connectivity index (χ1v) is 8.32. The third kappa shape index (κ3) is 5.86. The number of nitrogens with one attached hydrogen (secondary N) is 1. The van der Waals surface area contributed by atoms with Crippen molar-refractivity contribution in [2.75, 3.05) is 6.54 Å². The summed E-state index contributed by atoms with van der Waals surface area (Å²) in [6.45, 7) is 8.36. The summed E-state index contributed by atoms with van der Waals surface area (Å²) in [5, 5.41) is 3.40. The highest BCUT2D eigenvalue weighted by Crippen LogP contribution is 2.21. The Labute approximate surface area is 131 Å². The van der Waals surface area contributed by atoms with E-state index < -0.39 is 0 Å². The zero-order valence-corrected chi connectivity index (χ0v) is 13.8. The summed E-state index contributed by atoms with van der Waals surface area (Å²) < 4.78 is 0. The van der Waals surface area contributed by atoms with Crippen LogP contribution in [0.2, 0.25) is 0 Å². The number of thioether (sulfide) groups is 1. The van der Waals surface area contributed by atoms with Crippen molar-refractivity contribution in [3.8, 4) is 0 Å². The highest BCUT2D eigenvalue weighted by molar-refractivity contribution is 7.98. The van der Waals surface area contributed by atoms with Gasteiger partial charge in [0.25, 0.3) is 0 Å². The topological polar surface area (TPSA) is 37.8 Å². The molecule has 0 unspecified atom stereocenters. The van der Waals surface area contributed by atoms with Crippen molar-refractivity contribution in [1.82, 2.24) is 15.3 Å². The quantitative estimate of drug-likeness (QED) is 0.789. The minimum atomic E-state index is 0.663. The van der Waals surface area contributed by atoms with Gasteiger partial charge in [0, 0.05) is 29.4 Å². The molecule has 0 spiro atoms. The molecule has 0 fully saturated rings. The molecule has 112 valence electrons. The van der Waals surface area contributed by atoms with Crippen LogP contribution in [-0.2, 0) is 12.3 Å². The first kappa shape index (κ1) is 16.0. The Balaban J connectivity index is 1.80. The lowest BCUT2D eigenvalue weighted by molar-refractivity contribution is 0.551. The Morgan fingerprint density at radius 1 is 1.10 bits per heavy atom. The van der Waals surface area contributed by atoms with Crippen molar-refractivity contribution in [3.63, 3.8) is 0 Å². The van der Waals surface area contributed by atoms with E-state index in [4.69, 9.17) is 0 Å².